The van der Waals surface area contributed by atoms with Gasteiger partial charge in [-0.2, -0.15) is 0 Å². The van der Waals surface area contributed by atoms with Crippen molar-refractivity contribution < 1.29 is 9.53 Å². The second kappa shape index (κ2) is 8.91. The maximum atomic E-state index is 12.6. The van der Waals surface area contributed by atoms with E-state index in [1.807, 2.05) is 24.1 Å². The first kappa shape index (κ1) is 19.2. The lowest BCUT2D eigenvalue weighted by atomic mass is 10.1. The highest BCUT2D eigenvalue weighted by Crippen LogP contribution is 2.20. The molecule has 0 radical (unpaired) electrons. The molecule has 1 amide bonds. The van der Waals surface area contributed by atoms with E-state index in [2.05, 4.69) is 53.1 Å². The molecule has 0 N–H and O–H groups in total. The monoisotopic (exact) mass is 367 g/mol. The van der Waals surface area contributed by atoms with Gasteiger partial charge in [0.2, 0.25) is 5.91 Å². The van der Waals surface area contributed by atoms with Gasteiger partial charge in [0.15, 0.2) is 0 Å². The Labute approximate surface area is 162 Å². The van der Waals surface area contributed by atoms with Crippen molar-refractivity contribution in [2.45, 2.75) is 13.5 Å². The minimum Gasteiger partial charge on any atom is -0.497 e. The Morgan fingerprint density at radius 1 is 1.00 bits per heavy atom. The lowest BCUT2D eigenvalue weighted by Crippen LogP contribution is -2.49. The van der Waals surface area contributed by atoms with E-state index < -0.39 is 0 Å². The lowest BCUT2D eigenvalue weighted by Gasteiger charge is -2.36. The van der Waals surface area contributed by atoms with E-state index in [-0.39, 0.29) is 5.91 Å². The van der Waals surface area contributed by atoms with Gasteiger partial charge in [0.05, 0.1) is 13.7 Å². The average Bonchev–Trinajstić information content (AvgIpc) is 2.70. The number of carbonyl (C=O) groups excluding carboxylic acids is 1. The maximum absolute atomic E-state index is 12.6. The van der Waals surface area contributed by atoms with Crippen molar-refractivity contribution in [3.05, 3.63) is 59.7 Å². The molecule has 0 spiro atoms. The fraction of sp³-hybridized carbons (Fsp3) is 0.409. The second-order valence-electron chi connectivity index (χ2n) is 7.20. The molecule has 5 heteroatoms. The zero-order valence-electron chi connectivity index (χ0n) is 16.5. The first-order valence-electron chi connectivity index (χ1n) is 9.46. The summed E-state index contributed by atoms with van der Waals surface area (Å²) in [5.41, 5.74) is 3.61. The highest BCUT2D eigenvalue weighted by Gasteiger charge is 2.20. The molecule has 5 nitrogen and oxygen atoms in total. The molecule has 0 aliphatic carbocycles. The summed E-state index contributed by atoms with van der Waals surface area (Å²) >= 11 is 0. The summed E-state index contributed by atoms with van der Waals surface area (Å²) in [4.78, 5) is 19.0. The van der Waals surface area contributed by atoms with E-state index >= 15 is 0 Å². The number of piperazine rings is 1. The number of anilines is 1. The Morgan fingerprint density at radius 3 is 2.22 bits per heavy atom. The molecule has 0 bridgehead atoms. The summed E-state index contributed by atoms with van der Waals surface area (Å²) in [7, 11) is 3.57. The number of methoxy groups -OCH3 is 1. The van der Waals surface area contributed by atoms with Gasteiger partial charge in [-0.25, -0.2) is 0 Å². The van der Waals surface area contributed by atoms with Crippen molar-refractivity contribution in [2.24, 2.45) is 0 Å². The number of carbonyl (C=O) groups is 1. The molecule has 0 unspecified atom stereocenters. The zero-order valence-corrected chi connectivity index (χ0v) is 16.5. The molecular weight excluding hydrogens is 338 g/mol. The number of likely N-dealkylation sites (N-methyl/N-ethyl adjacent to an activating group) is 1. The Morgan fingerprint density at radius 2 is 1.63 bits per heavy atom. The largest absolute Gasteiger partial charge is 0.497 e. The summed E-state index contributed by atoms with van der Waals surface area (Å²) < 4.78 is 5.22. The maximum Gasteiger partial charge on any atom is 0.236 e. The first-order valence-corrected chi connectivity index (χ1v) is 9.46. The van der Waals surface area contributed by atoms with Crippen LogP contribution >= 0.6 is 0 Å². The zero-order chi connectivity index (χ0) is 19.2. The van der Waals surface area contributed by atoms with Crippen LogP contribution in [-0.4, -0.2) is 62.6 Å². The fourth-order valence-corrected chi connectivity index (χ4v) is 3.32. The molecule has 0 saturated carbocycles. The predicted octanol–water partition coefficient (Wildman–Crippen LogP) is 2.78. The highest BCUT2D eigenvalue weighted by molar-refractivity contribution is 5.78. The van der Waals surface area contributed by atoms with Crippen molar-refractivity contribution in [3.8, 4) is 5.75 Å². The second-order valence-corrected chi connectivity index (χ2v) is 7.20. The van der Waals surface area contributed by atoms with E-state index in [9.17, 15) is 4.79 Å². The minimum absolute atomic E-state index is 0.175. The molecule has 1 heterocycles. The predicted molar refractivity (Wildman–Crippen MR) is 109 cm³/mol. The van der Waals surface area contributed by atoms with Gasteiger partial charge >= 0.3 is 0 Å². The number of hydrogen-bond acceptors (Lipinski definition) is 4. The van der Waals surface area contributed by atoms with Crippen LogP contribution in [0.2, 0.25) is 0 Å². The van der Waals surface area contributed by atoms with Crippen molar-refractivity contribution in [1.29, 1.82) is 0 Å². The van der Waals surface area contributed by atoms with Crippen LogP contribution in [0.1, 0.15) is 11.1 Å². The van der Waals surface area contributed by atoms with Gasteiger partial charge in [0.25, 0.3) is 0 Å². The number of benzene rings is 2. The number of aryl methyl sites for hydroxylation is 1. The molecular formula is C22H29N3O2. The van der Waals surface area contributed by atoms with Crippen molar-refractivity contribution in [1.82, 2.24) is 9.80 Å². The van der Waals surface area contributed by atoms with Gasteiger partial charge in [-0.15, -0.1) is 0 Å². The minimum atomic E-state index is 0.175. The summed E-state index contributed by atoms with van der Waals surface area (Å²) in [6.45, 7) is 6.88. The molecule has 2 aromatic rings. The van der Waals surface area contributed by atoms with Crippen molar-refractivity contribution in [3.63, 3.8) is 0 Å². The van der Waals surface area contributed by atoms with E-state index in [0.717, 1.165) is 31.9 Å². The summed E-state index contributed by atoms with van der Waals surface area (Å²) in [5.74, 6) is 1.05. The van der Waals surface area contributed by atoms with Crippen LogP contribution in [-0.2, 0) is 11.3 Å². The van der Waals surface area contributed by atoms with Crippen LogP contribution in [0.3, 0.4) is 0 Å². The number of ether oxygens (including phenoxy) is 1. The normalized spacial score (nSPS) is 14.9. The van der Waals surface area contributed by atoms with E-state index in [1.165, 1.54) is 16.8 Å². The van der Waals surface area contributed by atoms with E-state index in [1.54, 1.807) is 7.11 Å². The van der Waals surface area contributed by atoms with Gasteiger partial charge in [-0.3, -0.25) is 9.69 Å². The van der Waals surface area contributed by atoms with Gasteiger partial charge in [-0.05, 0) is 36.8 Å². The smallest absolute Gasteiger partial charge is 0.236 e. The van der Waals surface area contributed by atoms with Crippen LogP contribution in [0.15, 0.2) is 48.5 Å². The van der Waals surface area contributed by atoms with Crippen LogP contribution in [0.25, 0.3) is 0 Å². The van der Waals surface area contributed by atoms with Crippen LogP contribution in [0.4, 0.5) is 5.69 Å². The van der Waals surface area contributed by atoms with Crippen molar-refractivity contribution in [2.75, 3.05) is 51.8 Å². The van der Waals surface area contributed by atoms with Crippen LogP contribution in [0, 0.1) is 6.92 Å². The topological polar surface area (TPSA) is 36.0 Å². The quantitative estimate of drug-likeness (QED) is 0.787. The Kier molecular flexibility index (Phi) is 6.35. The average molecular weight is 367 g/mol. The molecule has 0 atom stereocenters. The van der Waals surface area contributed by atoms with Crippen LogP contribution < -0.4 is 9.64 Å². The van der Waals surface area contributed by atoms with Gasteiger partial charge in [-0.1, -0.05) is 29.8 Å². The third kappa shape index (κ3) is 5.23. The standard InChI is InChI=1S/C22H29N3O2/c1-18-4-6-19(7-5-18)16-23(2)22(26)17-24-12-14-25(15-13-24)20-8-10-21(27-3)11-9-20/h4-11H,12-17H2,1-3H3. The number of amides is 1. The molecule has 1 aliphatic rings. The Balaban J connectivity index is 1.46. The SMILES string of the molecule is COc1ccc(N2CCN(CC(=O)N(C)Cc3ccc(C)cc3)CC2)cc1. The summed E-state index contributed by atoms with van der Waals surface area (Å²) in [5, 5.41) is 0. The van der Waals surface area contributed by atoms with Gasteiger partial charge < -0.3 is 14.5 Å². The van der Waals surface area contributed by atoms with E-state index in [4.69, 9.17) is 4.74 Å². The van der Waals surface area contributed by atoms with Crippen molar-refractivity contribution >= 4 is 11.6 Å². The summed E-state index contributed by atoms with van der Waals surface area (Å²) in [6.07, 6.45) is 0. The molecule has 2 aromatic carbocycles. The molecule has 1 aliphatic heterocycles. The van der Waals surface area contributed by atoms with Crippen LogP contribution in [0.5, 0.6) is 5.75 Å². The molecule has 1 fully saturated rings. The first-order chi connectivity index (χ1) is 13.0. The number of nitrogens with zero attached hydrogens (tertiary/aromatic N) is 3. The van der Waals surface area contributed by atoms with E-state index in [0.29, 0.717) is 13.1 Å². The molecule has 27 heavy (non-hydrogen) atoms. The number of rotatable bonds is 6. The molecule has 1 saturated heterocycles. The lowest BCUT2D eigenvalue weighted by molar-refractivity contribution is -0.131. The van der Waals surface area contributed by atoms with Gasteiger partial charge in [0, 0.05) is 45.5 Å². The third-order valence-corrected chi connectivity index (χ3v) is 5.13. The van der Waals surface area contributed by atoms with Gasteiger partial charge in [0.1, 0.15) is 5.75 Å². The molecule has 3 rings (SSSR count). The molecule has 0 aromatic heterocycles. The fourth-order valence-electron chi connectivity index (χ4n) is 3.32. The number of hydrogen-bond donors (Lipinski definition) is 0. The summed E-state index contributed by atoms with van der Waals surface area (Å²) in [6, 6.07) is 16.5. The Hall–Kier alpha value is -2.53. The molecule has 144 valence electrons. The highest BCUT2D eigenvalue weighted by atomic mass is 16.5. The Bertz CT molecular complexity index is 735. The third-order valence-electron chi connectivity index (χ3n) is 5.13.